The van der Waals surface area contributed by atoms with Crippen LogP contribution in [-0.4, -0.2) is 51.7 Å². The third-order valence-corrected chi connectivity index (χ3v) is 10.3. The predicted octanol–water partition coefficient (Wildman–Crippen LogP) is 7.40. The van der Waals surface area contributed by atoms with Crippen molar-refractivity contribution in [1.29, 1.82) is 0 Å². The Kier molecular flexibility index (Phi) is 22.3. The molecule has 8 aromatic carbocycles. The number of rotatable bonds is 14. The van der Waals surface area contributed by atoms with E-state index in [1.54, 1.807) is 97.1 Å². The molecule has 0 aliphatic carbocycles. The molecule has 77 heavy (non-hydrogen) atoms. The van der Waals surface area contributed by atoms with Crippen molar-refractivity contribution >= 4 is 94.4 Å². The summed E-state index contributed by atoms with van der Waals surface area (Å²) in [6.07, 6.45) is 6.10. The maximum Gasteiger partial charge on any atom is 3.00 e. The van der Waals surface area contributed by atoms with Crippen LogP contribution < -0.4 is 41.3 Å². The van der Waals surface area contributed by atoms with E-state index >= 15 is 0 Å². The topological polar surface area (TPSA) is 285 Å². The number of carboxylic acid groups (broad SMARTS) is 2. The molecule has 0 unspecified atom stereocenters. The van der Waals surface area contributed by atoms with Crippen molar-refractivity contribution < 1.29 is 74.4 Å². The quantitative estimate of drug-likeness (QED) is 0.0793. The Hall–Kier alpha value is -9.48. The minimum absolute atomic E-state index is 0. The summed E-state index contributed by atoms with van der Waals surface area (Å²) < 4.78 is 0. The normalized spacial score (nSPS) is 10.7. The van der Waals surface area contributed by atoms with Gasteiger partial charge in [-0.3, -0.25) is 20.0 Å². The molecular weight excluding hydrogens is 1090 g/mol. The monoisotopic (exact) mass is 1120 g/mol. The van der Waals surface area contributed by atoms with Crippen molar-refractivity contribution in [2.75, 3.05) is 10.6 Å². The van der Waals surface area contributed by atoms with Gasteiger partial charge in [-0.25, -0.2) is 0 Å². The Morgan fingerprint density at radius 3 is 0.870 bits per heavy atom. The van der Waals surface area contributed by atoms with Gasteiger partial charge >= 0.3 is 34.1 Å². The second-order valence-corrected chi connectivity index (χ2v) is 15.7. The van der Waals surface area contributed by atoms with E-state index < -0.39 is 11.9 Å². The maximum absolute atomic E-state index is 11.7. The van der Waals surface area contributed by atoms with Gasteiger partial charge in [0.1, 0.15) is 0 Å². The average molecular weight is 1120 g/mol. The number of benzene rings is 8. The molecule has 9 aromatic rings. The van der Waals surface area contributed by atoms with E-state index in [9.17, 15) is 40.2 Å². The Morgan fingerprint density at radius 2 is 0.623 bits per heavy atom. The number of hydrogen-bond donors (Lipinski definition) is 2. The number of aromatic nitrogens is 3. The largest absolute Gasteiger partial charge is 3.00 e. The Morgan fingerprint density at radius 1 is 0.377 bits per heavy atom. The SMILES string of the molecule is O=C([O-])c1ccc(Nc2nc(Cl)nc(Nc3ccc(C(=O)[O-])cc3)n2)cc1.[Fe+3].[Fe+3].[O-]c1ccccc1C=Nc1ccccc1N=Cc1ccccc1[O-].[O-]c1ccccc1C=Nc1ccccc1N=Cc1ccccc1[O-]. The van der Waals surface area contributed by atoms with E-state index in [1.807, 2.05) is 24.3 Å². The van der Waals surface area contributed by atoms with Gasteiger partial charge in [-0.05, 0) is 93.5 Å². The smallest absolute Gasteiger partial charge is 0.872 e. The number of para-hydroxylation sites is 8. The zero-order chi connectivity index (χ0) is 52.9. The number of hydrogen-bond acceptors (Lipinski definition) is 17. The second-order valence-electron chi connectivity index (χ2n) is 15.4. The number of aliphatic imine (C=N–C) groups is 4. The van der Waals surface area contributed by atoms with Gasteiger partial charge in [0.2, 0.25) is 17.2 Å². The van der Waals surface area contributed by atoms with Gasteiger partial charge in [0.15, 0.2) is 0 Å². The predicted molar refractivity (Wildman–Crippen MR) is 278 cm³/mol. The molecule has 20 heteroatoms. The molecule has 1 aromatic heterocycles. The summed E-state index contributed by atoms with van der Waals surface area (Å²) >= 11 is 5.90. The zero-order valence-electron chi connectivity index (χ0n) is 39.8. The number of carbonyl (C=O) groups excluding carboxylic acids is 2. The molecule has 0 spiro atoms. The zero-order valence-corrected chi connectivity index (χ0v) is 42.7. The second kappa shape index (κ2) is 29.4. The first-order chi connectivity index (χ1) is 36.4. The van der Waals surface area contributed by atoms with E-state index in [0.29, 0.717) is 56.4 Å². The van der Waals surface area contributed by atoms with Gasteiger partial charge < -0.3 is 50.9 Å². The van der Waals surface area contributed by atoms with E-state index in [0.717, 1.165) is 0 Å². The molecule has 0 aliphatic rings. The van der Waals surface area contributed by atoms with Gasteiger partial charge in [0.05, 0.1) is 34.7 Å². The van der Waals surface area contributed by atoms with Gasteiger partial charge in [-0.15, -0.1) is 23.0 Å². The Bertz CT molecular complexity index is 3170. The number of carboxylic acids is 2. The molecule has 0 amide bonds. The van der Waals surface area contributed by atoms with Crippen molar-refractivity contribution in [2.45, 2.75) is 0 Å². The number of halogens is 1. The molecule has 0 fully saturated rings. The first-order valence-electron chi connectivity index (χ1n) is 22.4. The van der Waals surface area contributed by atoms with Crippen LogP contribution in [0.4, 0.5) is 46.0 Å². The number of anilines is 4. The van der Waals surface area contributed by atoms with E-state index in [1.165, 1.54) is 97.7 Å². The molecule has 9 rings (SSSR count). The first kappa shape index (κ1) is 58.4. The van der Waals surface area contributed by atoms with Crippen LogP contribution in [0.1, 0.15) is 43.0 Å². The Labute approximate surface area is 467 Å². The molecule has 2 radical (unpaired) electrons. The van der Waals surface area contributed by atoms with Crippen molar-refractivity contribution in [2.24, 2.45) is 20.0 Å². The van der Waals surface area contributed by atoms with Crippen LogP contribution in [-0.2, 0) is 34.1 Å². The van der Waals surface area contributed by atoms with Gasteiger partial charge in [0.25, 0.3) is 0 Å². The molecular formula is C57H38ClFe2N9O8. The fourth-order valence-electron chi connectivity index (χ4n) is 6.37. The molecule has 382 valence electrons. The van der Waals surface area contributed by atoms with Crippen molar-refractivity contribution in [3.8, 4) is 23.0 Å². The third-order valence-electron chi connectivity index (χ3n) is 10.2. The van der Waals surface area contributed by atoms with Crippen LogP contribution in [0.25, 0.3) is 0 Å². The summed E-state index contributed by atoms with van der Waals surface area (Å²) in [5.41, 5.74) is 5.71. The van der Waals surface area contributed by atoms with Crippen molar-refractivity contribution in [1.82, 2.24) is 15.0 Å². The first-order valence-corrected chi connectivity index (χ1v) is 22.7. The fraction of sp³-hybridized carbons (Fsp3) is 0. The van der Waals surface area contributed by atoms with Crippen LogP contribution in [0.5, 0.6) is 23.0 Å². The number of nitrogens with one attached hydrogen (secondary N) is 2. The van der Waals surface area contributed by atoms with Gasteiger partial charge in [-0.1, -0.05) is 146 Å². The molecule has 0 saturated heterocycles. The van der Waals surface area contributed by atoms with Crippen LogP contribution in [0.3, 0.4) is 0 Å². The third kappa shape index (κ3) is 17.9. The van der Waals surface area contributed by atoms with Crippen LogP contribution in [0.2, 0.25) is 5.28 Å². The summed E-state index contributed by atoms with van der Waals surface area (Å²) in [6, 6.07) is 52.9. The average Bonchev–Trinajstić information content (AvgIpc) is 3.41. The minimum atomic E-state index is -1.28. The molecule has 0 bridgehead atoms. The Balaban J connectivity index is 0.000000211. The standard InChI is InChI=1S/2C20H16N2O2.C17H12ClN5O4.2Fe/c2*23-19-11-5-1-7-15(19)13-21-17-9-3-4-10-18(17)22-14-16-8-2-6-12-20(16)24;18-15-21-16(19-11-5-1-9(2-6-11)13(24)25)23-17(22-15)20-12-7-3-10(4-8-12)14(26)27;;/h2*1-14,23-24H;1-8H,(H,24,25)(H,26,27)(H2,19,20,21,22,23);;/q;;;2*+3/p-6. The molecule has 0 aliphatic heterocycles. The van der Waals surface area contributed by atoms with Crippen LogP contribution in [0, 0.1) is 0 Å². The summed E-state index contributed by atoms with van der Waals surface area (Å²) in [5.74, 6) is -2.62. The van der Waals surface area contributed by atoms with E-state index in [4.69, 9.17) is 11.6 Å². The number of carbonyl (C=O) groups is 2. The number of aromatic carboxylic acids is 2. The number of nitrogens with zero attached hydrogens (tertiary/aromatic N) is 7. The maximum atomic E-state index is 11.7. The minimum Gasteiger partial charge on any atom is -0.872 e. The van der Waals surface area contributed by atoms with E-state index in [-0.39, 0.29) is 85.4 Å². The van der Waals surface area contributed by atoms with Crippen molar-refractivity contribution in [3.63, 3.8) is 0 Å². The molecule has 2 N–H and O–H groups in total. The summed E-state index contributed by atoms with van der Waals surface area (Å²) in [7, 11) is 0. The van der Waals surface area contributed by atoms with E-state index in [2.05, 4.69) is 45.6 Å². The van der Waals surface area contributed by atoms with Gasteiger partial charge in [-0.2, -0.15) is 15.0 Å². The molecule has 0 atom stereocenters. The summed E-state index contributed by atoms with van der Waals surface area (Å²) in [4.78, 5) is 51.0. The summed E-state index contributed by atoms with van der Waals surface area (Å²) in [5, 5.41) is 74.1. The molecule has 0 saturated carbocycles. The van der Waals surface area contributed by atoms with Crippen LogP contribution >= 0.6 is 11.6 Å². The summed E-state index contributed by atoms with van der Waals surface area (Å²) in [6.45, 7) is 0. The molecule has 17 nitrogen and oxygen atoms in total. The van der Waals surface area contributed by atoms with Crippen LogP contribution in [0.15, 0.2) is 214 Å². The van der Waals surface area contributed by atoms with Crippen molar-refractivity contribution in [3.05, 3.63) is 233 Å². The molecule has 1 heterocycles. The fourth-order valence-corrected chi connectivity index (χ4v) is 6.53. The van der Waals surface area contributed by atoms with Gasteiger partial charge in [0, 0.05) is 36.2 Å².